The molecule has 0 spiro atoms. The Morgan fingerprint density at radius 3 is 2.94 bits per heavy atom. The molecule has 1 unspecified atom stereocenters. The average Bonchev–Trinajstić information content (AvgIpc) is 2.27. The summed E-state index contributed by atoms with van der Waals surface area (Å²) < 4.78 is 5.62. The number of nitriles is 1. The molecule has 0 aromatic heterocycles. The van der Waals surface area contributed by atoms with Crippen LogP contribution in [0.4, 0.5) is 5.69 Å². The van der Waals surface area contributed by atoms with Crippen molar-refractivity contribution in [3.63, 3.8) is 0 Å². The van der Waals surface area contributed by atoms with Crippen molar-refractivity contribution in [1.29, 1.82) is 5.26 Å². The van der Waals surface area contributed by atoms with Crippen molar-refractivity contribution in [1.82, 2.24) is 0 Å². The number of methoxy groups -OCH3 is 1. The van der Waals surface area contributed by atoms with Gasteiger partial charge in [0, 0.05) is 23.8 Å². The fourth-order valence-corrected chi connectivity index (χ4v) is 1.73. The van der Waals surface area contributed by atoms with E-state index < -0.39 is 6.10 Å². The van der Waals surface area contributed by atoms with E-state index >= 15 is 0 Å². The first-order valence-electron chi connectivity index (χ1n) is 4.78. The number of nitrogens with zero attached hydrogens (tertiary/aromatic N) is 1. The lowest BCUT2D eigenvalue weighted by Gasteiger charge is -2.13. The molecule has 4 nitrogen and oxygen atoms in total. The van der Waals surface area contributed by atoms with E-state index in [2.05, 4.69) is 27.3 Å². The molecular formula is C11H13BrN2O2. The van der Waals surface area contributed by atoms with Crippen LogP contribution in [-0.4, -0.2) is 31.5 Å². The Morgan fingerprint density at radius 1 is 1.62 bits per heavy atom. The summed E-state index contributed by atoms with van der Waals surface area (Å²) >= 11 is 3.35. The maximum atomic E-state index is 9.45. The highest BCUT2D eigenvalue weighted by Gasteiger charge is 2.05. The van der Waals surface area contributed by atoms with E-state index in [-0.39, 0.29) is 0 Å². The quantitative estimate of drug-likeness (QED) is 0.865. The summed E-state index contributed by atoms with van der Waals surface area (Å²) in [6, 6.07) is 7.29. The Morgan fingerprint density at radius 2 is 2.38 bits per heavy atom. The molecule has 1 atom stereocenters. The van der Waals surface area contributed by atoms with Gasteiger partial charge in [0.15, 0.2) is 0 Å². The summed E-state index contributed by atoms with van der Waals surface area (Å²) in [6.07, 6.45) is -0.549. The van der Waals surface area contributed by atoms with Gasteiger partial charge in [0.25, 0.3) is 0 Å². The number of hydrogen-bond donors (Lipinski definition) is 2. The molecule has 0 aliphatic heterocycles. The van der Waals surface area contributed by atoms with Gasteiger partial charge in [-0.1, -0.05) is 0 Å². The van der Waals surface area contributed by atoms with E-state index in [1.807, 2.05) is 0 Å². The highest BCUT2D eigenvalue weighted by Crippen LogP contribution is 2.23. The highest BCUT2D eigenvalue weighted by molar-refractivity contribution is 9.10. The summed E-state index contributed by atoms with van der Waals surface area (Å²) in [6.45, 7) is 0.694. The third-order valence-corrected chi connectivity index (χ3v) is 2.64. The minimum atomic E-state index is -0.549. The van der Waals surface area contributed by atoms with Gasteiger partial charge in [-0.2, -0.15) is 5.26 Å². The Kier molecular flexibility index (Phi) is 5.26. The third-order valence-electron chi connectivity index (χ3n) is 1.99. The highest BCUT2D eigenvalue weighted by atomic mass is 79.9. The molecule has 2 N–H and O–H groups in total. The van der Waals surface area contributed by atoms with E-state index in [1.165, 1.54) is 0 Å². The van der Waals surface area contributed by atoms with Gasteiger partial charge >= 0.3 is 0 Å². The first-order valence-corrected chi connectivity index (χ1v) is 5.57. The van der Waals surface area contributed by atoms with Crippen LogP contribution < -0.4 is 5.32 Å². The number of hydrogen-bond acceptors (Lipinski definition) is 4. The van der Waals surface area contributed by atoms with E-state index in [0.717, 1.165) is 10.2 Å². The third kappa shape index (κ3) is 3.81. The summed E-state index contributed by atoms with van der Waals surface area (Å²) in [5, 5.41) is 21.2. The second-order valence-electron chi connectivity index (χ2n) is 3.30. The zero-order chi connectivity index (χ0) is 12.0. The van der Waals surface area contributed by atoms with Crippen molar-refractivity contribution in [2.45, 2.75) is 6.10 Å². The average molecular weight is 285 g/mol. The molecular weight excluding hydrogens is 272 g/mol. The lowest BCUT2D eigenvalue weighted by Crippen LogP contribution is -2.24. The van der Waals surface area contributed by atoms with Crippen molar-refractivity contribution in [3.8, 4) is 6.07 Å². The number of rotatable bonds is 5. The molecule has 0 amide bonds. The van der Waals surface area contributed by atoms with E-state index in [4.69, 9.17) is 10.00 Å². The number of ether oxygens (including phenoxy) is 1. The van der Waals surface area contributed by atoms with Gasteiger partial charge in [-0.15, -0.1) is 0 Å². The molecule has 1 aromatic carbocycles. The predicted octanol–water partition coefficient (Wildman–Crippen LogP) is 1.74. The van der Waals surface area contributed by atoms with Crippen LogP contribution in [-0.2, 0) is 4.74 Å². The second-order valence-corrected chi connectivity index (χ2v) is 4.15. The SMILES string of the molecule is COCC(O)CNc1ccc(C#N)cc1Br. The van der Waals surface area contributed by atoms with Gasteiger partial charge in [0.2, 0.25) is 0 Å². The summed E-state index contributed by atoms with van der Waals surface area (Å²) in [5.41, 5.74) is 1.43. The van der Waals surface area contributed by atoms with Crippen LogP contribution >= 0.6 is 15.9 Å². The number of aliphatic hydroxyl groups is 1. The van der Waals surface area contributed by atoms with Crippen LogP contribution in [0, 0.1) is 11.3 Å². The van der Waals surface area contributed by atoms with Gasteiger partial charge in [0.1, 0.15) is 0 Å². The molecule has 0 aliphatic carbocycles. The largest absolute Gasteiger partial charge is 0.389 e. The van der Waals surface area contributed by atoms with E-state index in [1.54, 1.807) is 25.3 Å². The summed E-state index contributed by atoms with van der Waals surface area (Å²) in [5.74, 6) is 0. The van der Waals surface area contributed by atoms with Crippen molar-refractivity contribution < 1.29 is 9.84 Å². The Labute approximate surface area is 103 Å². The van der Waals surface area contributed by atoms with Gasteiger partial charge < -0.3 is 15.2 Å². The molecule has 1 rings (SSSR count). The van der Waals surface area contributed by atoms with Gasteiger partial charge in [-0.05, 0) is 34.1 Å². The van der Waals surface area contributed by atoms with Crippen molar-refractivity contribution in [2.75, 3.05) is 25.6 Å². The van der Waals surface area contributed by atoms with Crippen LogP contribution in [0.3, 0.4) is 0 Å². The molecule has 0 saturated heterocycles. The van der Waals surface area contributed by atoms with E-state index in [9.17, 15) is 5.11 Å². The number of halogens is 1. The normalized spacial score (nSPS) is 11.9. The smallest absolute Gasteiger partial charge is 0.0992 e. The Bertz CT molecular complexity index is 390. The lowest BCUT2D eigenvalue weighted by atomic mass is 10.2. The topological polar surface area (TPSA) is 65.3 Å². The van der Waals surface area contributed by atoms with Crippen molar-refractivity contribution in [3.05, 3.63) is 28.2 Å². The minimum absolute atomic E-state index is 0.293. The zero-order valence-corrected chi connectivity index (χ0v) is 10.5. The van der Waals surface area contributed by atoms with Crippen LogP contribution in [0.2, 0.25) is 0 Å². The molecule has 16 heavy (non-hydrogen) atoms. The molecule has 0 aliphatic rings. The van der Waals surface area contributed by atoms with Crippen LogP contribution in [0.1, 0.15) is 5.56 Å². The van der Waals surface area contributed by atoms with E-state index in [0.29, 0.717) is 18.7 Å². The number of nitrogens with one attached hydrogen (secondary N) is 1. The molecule has 86 valence electrons. The van der Waals surface area contributed by atoms with Crippen LogP contribution in [0.15, 0.2) is 22.7 Å². The molecule has 1 aromatic rings. The monoisotopic (exact) mass is 284 g/mol. The zero-order valence-electron chi connectivity index (χ0n) is 8.90. The van der Waals surface area contributed by atoms with Gasteiger partial charge in [-0.3, -0.25) is 0 Å². The number of benzene rings is 1. The fourth-order valence-electron chi connectivity index (χ4n) is 1.21. The molecule has 0 radical (unpaired) electrons. The molecule has 0 bridgehead atoms. The fraction of sp³-hybridized carbons (Fsp3) is 0.364. The maximum absolute atomic E-state index is 9.45. The maximum Gasteiger partial charge on any atom is 0.0992 e. The van der Waals surface area contributed by atoms with Crippen molar-refractivity contribution in [2.24, 2.45) is 0 Å². The molecule has 0 heterocycles. The van der Waals surface area contributed by atoms with Crippen molar-refractivity contribution >= 4 is 21.6 Å². The summed E-state index contributed by atoms with van der Waals surface area (Å²) in [7, 11) is 1.54. The van der Waals surface area contributed by atoms with Gasteiger partial charge in [-0.25, -0.2) is 0 Å². The first-order chi connectivity index (χ1) is 7.67. The molecule has 0 fully saturated rings. The van der Waals surface area contributed by atoms with Crippen LogP contribution in [0.5, 0.6) is 0 Å². The molecule has 0 saturated carbocycles. The lowest BCUT2D eigenvalue weighted by molar-refractivity contribution is 0.0727. The summed E-state index contributed by atoms with van der Waals surface area (Å²) in [4.78, 5) is 0. The van der Waals surface area contributed by atoms with Gasteiger partial charge in [0.05, 0.1) is 24.3 Å². The Hall–Kier alpha value is -1.09. The predicted molar refractivity (Wildman–Crippen MR) is 65.2 cm³/mol. The standard InChI is InChI=1S/C11H13BrN2O2/c1-16-7-9(15)6-14-11-3-2-8(5-13)4-10(11)12/h2-4,9,14-15H,6-7H2,1H3. The minimum Gasteiger partial charge on any atom is -0.389 e. The number of anilines is 1. The first kappa shape index (κ1) is 13.0. The number of aliphatic hydroxyl groups excluding tert-OH is 1. The molecule has 5 heteroatoms. The Balaban J connectivity index is 2.58. The van der Waals surface area contributed by atoms with Crippen LogP contribution in [0.25, 0.3) is 0 Å². The second kappa shape index (κ2) is 6.48.